The van der Waals surface area contributed by atoms with Gasteiger partial charge in [0, 0.05) is 5.57 Å². The third kappa shape index (κ3) is 7.00. The molecule has 2 nitrogen and oxygen atoms in total. The highest BCUT2D eigenvalue weighted by Crippen LogP contribution is 2.19. The molecule has 1 unspecified atom stereocenters. The van der Waals surface area contributed by atoms with Crippen LogP contribution in [0.1, 0.15) is 60.3 Å². The van der Waals surface area contributed by atoms with Crippen molar-refractivity contribution < 1.29 is 4.79 Å². The van der Waals surface area contributed by atoms with Crippen molar-refractivity contribution in [3.63, 3.8) is 0 Å². The second-order valence-corrected chi connectivity index (χ2v) is 5.12. The Balaban J connectivity index is 5.53. The molecule has 0 saturated heterocycles. The monoisotopic (exact) mass is 263 g/mol. The van der Waals surface area contributed by atoms with Gasteiger partial charge in [-0.15, -0.1) is 0 Å². The molecule has 0 aliphatic rings. The van der Waals surface area contributed by atoms with E-state index in [1.54, 1.807) is 0 Å². The molecule has 1 amide bonds. The van der Waals surface area contributed by atoms with Gasteiger partial charge in [-0.25, -0.2) is 0 Å². The van der Waals surface area contributed by atoms with Crippen LogP contribution in [0, 0.1) is 5.92 Å². The Morgan fingerprint density at radius 3 is 2.32 bits per heavy atom. The van der Waals surface area contributed by atoms with E-state index < -0.39 is 0 Å². The van der Waals surface area contributed by atoms with Gasteiger partial charge in [-0.05, 0) is 31.3 Å². The van der Waals surface area contributed by atoms with Crippen molar-refractivity contribution in [1.82, 2.24) is 0 Å². The lowest BCUT2D eigenvalue weighted by molar-refractivity contribution is -0.114. The molecule has 2 heteroatoms. The number of allylic oxidation sites excluding steroid dienone is 4. The Bertz CT molecular complexity index is 375. The van der Waals surface area contributed by atoms with Crippen LogP contribution in [0.4, 0.5) is 0 Å². The van der Waals surface area contributed by atoms with Gasteiger partial charge in [-0.2, -0.15) is 0 Å². The number of unbranched alkanes of at least 4 members (excludes halogenated alkanes) is 1. The average Bonchev–Trinajstić information content (AvgIpc) is 2.38. The summed E-state index contributed by atoms with van der Waals surface area (Å²) in [6.07, 6.45) is 10.2. The molecule has 0 rings (SSSR count). The van der Waals surface area contributed by atoms with E-state index in [9.17, 15) is 4.79 Å². The largest absolute Gasteiger partial charge is 0.366 e. The summed E-state index contributed by atoms with van der Waals surface area (Å²) in [6.45, 7) is 10.6. The highest BCUT2D eigenvalue weighted by Gasteiger charge is 2.10. The summed E-state index contributed by atoms with van der Waals surface area (Å²) in [7, 11) is 0. The van der Waals surface area contributed by atoms with Crippen LogP contribution in [-0.4, -0.2) is 5.91 Å². The number of carbonyl (C=O) groups excluding carboxylic acids is 1. The number of hydrogen-bond acceptors (Lipinski definition) is 1. The molecule has 0 aliphatic heterocycles. The molecule has 19 heavy (non-hydrogen) atoms. The van der Waals surface area contributed by atoms with Gasteiger partial charge in [-0.3, -0.25) is 4.79 Å². The van der Waals surface area contributed by atoms with Gasteiger partial charge in [0.05, 0.1) is 0 Å². The van der Waals surface area contributed by atoms with Gasteiger partial charge in [0.25, 0.3) is 0 Å². The first-order valence-electron chi connectivity index (χ1n) is 7.35. The van der Waals surface area contributed by atoms with Crippen LogP contribution in [0.25, 0.3) is 0 Å². The Morgan fingerprint density at radius 2 is 1.89 bits per heavy atom. The maximum Gasteiger partial charge on any atom is 0.248 e. The zero-order chi connectivity index (χ0) is 14.8. The van der Waals surface area contributed by atoms with Crippen LogP contribution in [-0.2, 0) is 4.79 Å². The topological polar surface area (TPSA) is 43.1 Å². The molecular weight excluding hydrogens is 234 g/mol. The molecule has 1 atom stereocenters. The minimum absolute atomic E-state index is 0.330. The van der Waals surface area contributed by atoms with Crippen LogP contribution in [0.5, 0.6) is 0 Å². The molecule has 0 aromatic heterocycles. The lowest BCUT2D eigenvalue weighted by atomic mass is 9.95. The second-order valence-electron chi connectivity index (χ2n) is 5.12. The molecule has 2 N–H and O–H groups in total. The van der Waals surface area contributed by atoms with Crippen LogP contribution >= 0.6 is 0 Å². The zero-order valence-electron chi connectivity index (χ0n) is 13.1. The highest BCUT2D eigenvalue weighted by molar-refractivity contribution is 5.97. The molecule has 0 saturated carbocycles. The standard InChI is InChI=1S/C17H29NO/c1-6-9-10-16(17(18)19)15(11-13(4)7-2)12-14(5)8-3/h10-13H,6-9H2,1-5H3,(H2,18,19)/b14-12+,15-11+,16-10+. The van der Waals surface area contributed by atoms with E-state index in [0.717, 1.165) is 31.3 Å². The van der Waals surface area contributed by atoms with E-state index in [4.69, 9.17) is 5.73 Å². The van der Waals surface area contributed by atoms with E-state index in [1.807, 2.05) is 6.08 Å². The summed E-state index contributed by atoms with van der Waals surface area (Å²) in [5.74, 6) is 0.114. The first-order chi connectivity index (χ1) is 8.96. The number of carbonyl (C=O) groups is 1. The van der Waals surface area contributed by atoms with E-state index in [2.05, 4.69) is 46.8 Å². The lowest BCUT2D eigenvalue weighted by Gasteiger charge is -2.10. The number of amides is 1. The molecule has 0 radical (unpaired) electrons. The van der Waals surface area contributed by atoms with Crippen molar-refractivity contribution in [2.24, 2.45) is 11.7 Å². The predicted molar refractivity (Wildman–Crippen MR) is 83.8 cm³/mol. The Hall–Kier alpha value is -1.31. The minimum Gasteiger partial charge on any atom is -0.366 e. The molecule has 0 aromatic carbocycles. The van der Waals surface area contributed by atoms with E-state index in [0.29, 0.717) is 11.5 Å². The smallest absolute Gasteiger partial charge is 0.248 e. The van der Waals surface area contributed by atoms with Gasteiger partial charge >= 0.3 is 0 Å². The van der Waals surface area contributed by atoms with Crippen LogP contribution in [0.15, 0.2) is 34.9 Å². The third-order valence-corrected chi connectivity index (χ3v) is 3.28. The molecule has 0 bridgehead atoms. The van der Waals surface area contributed by atoms with Crippen LogP contribution in [0.3, 0.4) is 0 Å². The predicted octanol–water partition coefficient (Wildman–Crippen LogP) is 4.53. The van der Waals surface area contributed by atoms with E-state index >= 15 is 0 Å². The van der Waals surface area contributed by atoms with Crippen molar-refractivity contribution in [2.45, 2.75) is 60.3 Å². The minimum atomic E-state index is -0.330. The number of primary amides is 1. The third-order valence-electron chi connectivity index (χ3n) is 3.28. The van der Waals surface area contributed by atoms with Crippen molar-refractivity contribution in [3.8, 4) is 0 Å². The SMILES string of the molecule is CCC\C=C(C(N)=O)/C(/C=C(\C)CC)=C/C(C)CC. The Labute approximate surface area is 118 Å². The van der Waals surface area contributed by atoms with E-state index in [1.165, 1.54) is 5.57 Å². The van der Waals surface area contributed by atoms with Gasteiger partial charge < -0.3 is 5.73 Å². The van der Waals surface area contributed by atoms with Gasteiger partial charge in [0.15, 0.2) is 0 Å². The quantitative estimate of drug-likeness (QED) is 0.507. The van der Waals surface area contributed by atoms with Crippen molar-refractivity contribution >= 4 is 5.91 Å². The highest BCUT2D eigenvalue weighted by atomic mass is 16.1. The summed E-state index contributed by atoms with van der Waals surface area (Å²) in [5.41, 5.74) is 8.44. The molecule has 108 valence electrons. The second kappa shape index (κ2) is 9.60. The summed E-state index contributed by atoms with van der Waals surface area (Å²) in [5, 5.41) is 0. The summed E-state index contributed by atoms with van der Waals surface area (Å²) in [6, 6.07) is 0. The fraction of sp³-hybridized carbons (Fsp3) is 0.588. The summed E-state index contributed by atoms with van der Waals surface area (Å²) in [4.78, 5) is 11.7. The number of rotatable bonds is 8. The molecule has 0 spiro atoms. The maximum atomic E-state index is 11.7. The Morgan fingerprint density at radius 1 is 1.26 bits per heavy atom. The summed E-state index contributed by atoms with van der Waals surface area (Å²) >= 11 is 0. The van der Waals surface area contributed by atoms with Crippen molar-refractivity contribution in [3.05, 3.63) is 34.9 Å². The van der Waals surface area contributed by atoms with Crippen LogP contribution in [0.2, 0.25) is 0 Å². The number of hydrogen-bond donors (Lipinski definition) is 1. The Kier molecular flexibility index (Phi) is 8.94. The van der Waals surface area contributed by atoms with E-state index in [-0.39, 0.29) is 5.91 Å². The molecular formula is C17H29NO. The molecule has 0 fully saturated rings. The zero-order valence-corrected chi connectivity index (χ0v) is 13.1. The maximum absolute atomic E-state index is 11.7. The number of nitrogens with two attached hydrogens (primary N) is 1. The first-order valence-corrected chi connectivity index (χ1v) is 7.35. The molecule has 0 heterocycles. The molecule has 0 aliphatic carbocycles. The van der Waals surface area contributed by atoms with Crippen molar-refractivity contribution in [2.75, 3.05) is 0 Å². The van der Waals surface area contributed by atoms with Crippen LogP contribution < -0.4 is 5.73 Å². The molecule has 0 aromatic rings. The van der Waals surface area contributed by atoms with Gasteiger partial charge in [-0.1, -0.05) is 64.3 Å². The fourth-order valence-corrected chi connectivity index (χ4v) is 1.66. The fourth-order valence-electron chi connectivity index (χ4n) is 1.66. The average molecular weight is 263 g/mol. The summed E-state index contributed by atoms with van der Waals surface area (Å²) < 4.78 is 0. The van der Waals surface area contributed by atoms with Crippen molar-refractivity contribution in [1.29, 1.82) is 0 Å². The van der Waals surface area contributed by atoms with Gasteiger partial charge in [0.2, 0.25) is 5.91 Å². The normalized spacial score (nSPS) is 15.5. The van der Waals surface area contributed by atoms with Gasteiger partial charge in [0.1, 0.15) is 0 Å². The lowest BCUT2D eigenvalue weighted by Crippen LogP contribution is -2.15. The first kappa shape index (κ1) is 17.7.